The SMILES string of the molecule is C=[C]CC=O. The van der Waals surface area contributed by atoms with Crippen LogP contribution in [0.5, 0.6) is 0 Å². The minimum atomic E-state index is 0.347. The van der Waals surface area contributed by atoms with Gasteiger partial charge in [-0.05, 0) is 6.08 Å². The van der Waals surface area contributed by atoms with Crippen molar-refractivity contribution in [3.05, 3.63) is 12.7 Å². The van der Waals surface area contributed by atoms with Crippen LogP contribution in [0.3, 0.4) is 0 Å². The monoisotopic (exact) mass is 69.0 g/mol. The van der Waals surface area contributed by atoms with E-state index in [1.54, 1.807) is 0 Å². The van der Waals surface area contributed by atoms with Gasteiger partial charge in [-0.1, -0.05) is 6.58 Å². The van der Waals surface area contributed by atoms with Crippen LogP contribution in [0.15, 0.2) is 6.58 Å². The van der Waals surface area contributed by atoms with E-state index in [4.69, 9.17) is 0 Å². The third-order valence-electron chi connectivity index (χ3n) is 0.228. The summed E-state index contributed by atoms with van der Waals surface area (Å²) in [7, 11) is 0. The fourth-order valence-corrected chi connectivity index (χ4v) is 0.0589. The summed E-state index contributed by atoms with van der Waals surface area (Å²) < 4.78 is 0. The molecule has 1 radical (unpaired) electrons. The molecule has 27 valence electrons. The van der Waals surface area contributed by atoms with Gasteiger partial charge in [0.15, 0.2) is 0 Å². The Labute approximate surface area is 31.3 Å². The maximum Gasteiger partial charge on any atom is 0.124 e. The van der Waals surface area contributed by atoms with Crippen LogP contribution in [-0.2, 0) is 4.79 Å². The maximum absolute atomic E-state index is 9.30. The van der Waals surface area contributed by atoms with Crippen molar-refractivity contribution in [2.75, 3.05) is 0 Å². The summed E-state index contributed by atoms with van der Waals surface area (Å²) in [5.41, 5.74) is 0. The highest BCUT2D eigenvalue weighted by Crippen LogP contribution is 1.61. The van der Waals surface area contributed by atoms with Crippen LogP contribution in [0.4, 0.5) is 0 Å². The highest BCUT2D eigenvalue weighted by atomic mass is 16.1. The second-order valence-corrected chi connectivity index (χ2v) is 0.621. The number of hydrogen-bond donors (Lipinski definition) is 0. The van der Waals surface area contributed by atoms with E-state index in [2.05, 4.69) is 12.7 Å². The minimum Gasteiger partial charge on any atom is -0.303 e. The van der Waals surface area contributed by atoms with Gasteiger partial charge in [-0.25, -0.2) is 0 Å². The number of carbonyl (C=O) groups excluding carboxylic acids is 1. The standard InChI is InChI=1S/C4H5O/c1-2-3-4-5/h4H,1,3H2. The Kier molecular flexibility index (Phi) is 3.01. The number of hydrogen-bond acceptors (Lipinski definition) is 1. The molecule has 0 aliphatic heterocycles. The topological polar surface area (TPSA) is 17.1 Å². The summed E-state index contributed by atoms with van der Waals surface area (Å²) >= 11 is 0. The average molecular weight is 69.1 g/mol. The molecule has 0 atom stereocenters. The molecule has 0 aromatic carbocycles. The number of carbonyl (C=O) groups is 1. The van der Waals surface area contributed by atoms with Crippen LogP contribution >= 0.6 is 0 Å². The fourth-order valence-electron chi connectivity index (χ4n) is 0.0589. The molecule has 1 nitrogen and oxygen atoms in total. The molecule has 0 saturated carbocycles. The van der Waals surface area contributed by atoms with Gasteiger partial charge in [0.25, 0.3) is 0 Å². The Hall–Kier alpha value is -0.590. The molecule has 5 heavy (non-hydrogen) atoms. The summed E-state index contributed by atoms with van der Waals surface area (Å²) in [5.74, 6) is 0. The van der Waals surface area contributed by atoms with Crippen molar-refractivity contribution >= 4 is 6.29 Å². The van der Waals surface area contributed by atoms with E-state index in [9.17, 15) is 4.79 Å². The number of allylic oxidation sites excluding steroid dienone is 1. The molecule has 0 saturated heterocycles. The first-order valence-electron chi connectivity index (χ1n) is 1.35. The molecular formula is C4H5O. The summed E-state index contributed by atoms with van der Waals surface area (Å²) in [6, 6.07) is 0. The van der Waals surface area contributed by atoms with Crippen molar-refractivity contribution in [2.45, 2.75) is 6.42 Å². The van der Waals surface area contributed by atoms with Crippen LogP contribution in [0.1, 0.15) is 6.42 Å². The average Bonchev–Trinajstić information content (AvgIpc) is 1.41. The van der Waals surface area contributed by atoms with E-state index in [1.807, 2.05) is 0 Å². The molecule has 0 amide bonds. The van der Waals surface area contributed by atoms with Crippen molar-refractivity contribution in [3.8, 4) is 0 Å². The predicted octanol–water partition coefficient (Wildman–Crippen LogP) is 0.565. The largest absolute Gasteiger partial charge is 0.303 e. The van der Waals surface area contributed by atoms with Crippen molar-refractivity contribution in [1.82, 2.24) is 0 Å². The van der Waals surface area contributed by atoms with Gasteiger partial charge in [0.2, 0.25) is 0 Å². The molecule has 0 spiro atoms. The van der Waals surface area contributed by atoms with Crippen LogP contribution in [0.2, 0.25) is 0 Å². The summed E-state index contributed by atoms with van der Waals surface area (Å²) in [4.78, 5) is 9.30. The first-order chi connectivity index (χ1) is 2.41. The van der Waals surface area contributed by atoms with Gasteiger partial charge in [0, 0.05) is 6.42 Å². The molecular weight excluding hydrogens is 64.0 g/mol. The molecule has 1 heteroatoms. The van der Waals surface area contributed by atoms with Gasteiger partial charge >= 0.3 is 0 Å². The van der Waals surface area contributed by atoms with Crippen LogP contribution in [0.25, 0.3) is 0 Å². The number of rotatable bonds is 2. The molecule has 0 heterocycles. The molecule has 0 aromatic rings. The van der Waals surface area contributed by atoms with E-state index in [0.29, 0.717) is 6.42 Å². The summed E-state index contributed by atoms with van der Waals surface area (Å²) in [6.07, 6.45) is 3.50. The highest BCUT2D eigenvalue weighted by molar-refractivity contribution is 5.50. The van der Waals surface area contributed by atoms with E-state index in [1.165, 1.54) is 0 Å². The third-order valence-corrected chi connectivity index (χ3v) is 0.228. The molecule has 0 bridgehead atoms. The van der Waals surface area contributed by atoms with Gasteiger partial charge in [0.05, 0.1) is 0 Å². The van der Waals surface area contributed by atoms with Crippen molar-refractivity contribution in [2.24, 2.45) is 0 Å². The predicted molar refractivity (Wildman–Crippen MR) is 19.6 cm³/mol. The fraction of sp³-hybridized carbons (Fsp3) is 0.250. The van der Waals surface area contributed by atoms with Crippen molar-refractivity contribution in [1.29, 1.82) is 0 Å². The van der Waals surface area contributed by atoms with Crippen LogP contribution in [0, 0.1) is 6.08 Å². The molecule has 0 aromatic heterocycles. The second kappa shape index (κ2) is 3.41. The second-order valence-electron chi connectivity index (χ2n) is 0.621. The summed E-state index contributed by atoms with van der Waals surface area (Å²) in [5, 5.41) is 0. The Balaban J connectivity index is 2.65. The van der Waals surface area contributed by atoms with E-state index in [0.717, 1.165) is 6.29 Å². The van der Waals surface area contributed by atoms with Gasteiger partial charge in [-0.2, -0.15) is 0 Å². The van der Waals surface area contributed by atoms with Gasteiger partial charge in [-0.3, -0.25) is 0 Å². The zero-order valence-corrected chi connectivity index (χ0v) is 2.90. The van der Waals surface area contributed by atoms with Crippen molar-refractivity contribution in [3.63, 3.8) is 0 Å². The lowest BCUT2D eigenvalue weighted by molar-refractivity contribution is -0.107. The molecule has 0 fully saturated rings. The van der Waals surface area contributed by atoms with E-state index < -0.39 is 0 Å². The zero-order chi connectivity index (χ0) is 4.12. The van der Waals surface area contributed by atoms with Gasteiger partial charge < -0.3 is 4.79 Å². The normalized spacial score (nSPS) is 6.40. The maximum atomic E-state index is 9.30. The van der Waals surface area contributed by atoms with Gasteiger partial charge in [0.1, 0.15) is 6.29 Å². The molecule has 0 aliphatic carbocycles. The third kappa shape index (κ3) is 3.41. The quantitative estimate of drug-likeness (QED) is 0.433. The first kappa shape index (κ1) is 4.41. The first-order valence-corrected chi connectivity index (χ1v) is 1.35. The summed E-state index contributed by atoms with van der Waals surface area (Å²) in [6.45, 7) is 3.19. The molecule has 0 aliphatic rings. The van der Waals surface area contributed by atoms with E-state index >= 15 is 0 Å². The Bertz CT molecular complexity index is 32.9. The lowest BCUT2D eigenvalue weighted by atomic mass is 10.5. The molecule has 0 rings (SSSR count). The minimum absolute atomic E-state index is 0.347. The Morgan fingerprint density at radius 2 is 2.60 bits per heavy atom. The zero-order valence-electron chi connectivity index (χ0n) is 2.90. The highest BCUT2D eigenvalue weighted by Gasteiger charge is 1.60. The van der Waals surface area contributed by atoms with Crippen molar-refractivity contribution < 1.29 is 4.79 Å². The molecule has 0 N–H and O–H groups in total. The molecule has 0 unspecified atom stereocenters. The van der Waals surface area contributed by atoms with Crippen LogP contribution in [-0.4, -0.2) is 6.29 Å². The number of aldehydes is 1. The smallest absolute Gasteiger partial charge is 0.124 e. The lowest BCUT2D eigenvalue weighted by Gasteiger charge is -1.57. The lowest BCUT2D eigenvalue weighted by Crippen LogP contribution is -1.60. The van der Waals surface area contributed by atoms with Gasteiger partial charge in [-0.15, -0.1) is 0 Å². The Morgan fingerprint density at radius 1 is 2.00 bits per heavy atom. The van der Waals surface area contributed by atoms with Crippen LogP contribution < -0.4 is 0 Å². The van der Waals surface area contributed by atoms with E-state index in [-0.39, 0.29) is 0 Å². The Morgan fingerprint density at radius 3 is 2.60 bits per heavy atom.